The molecule has 0 fully saturated rings. The van der Waals surface area contributed by atoms with Crippen LogP contribution in [0.2, 0.25) is 0 Å². The van der Waals surface area contributed by atoms with Crippen LogP contribution in [0.25, 0.3) is 0 Å². The molecule has 0 aliphatic rings. The van der Waals surface area contributed by atoms with Gasteiger partial charge >= 0.3 is 0 Å². The lowest BCUT2D eigenvalue weighted by Gasteiger charge is -2.24. The van der Waals surface area contributed by atoms with Crippen LogP contribution >= 0.6 is 15.9 Å². The maximum Gasteiger partial charge on any atom is 0.122 e. The van der Waals surface area contributed by atoms with Crippen LogP contribution in [0.5, 0.6) is 0 Å². The molecule has 0 saturated heterocycles. The van der Waals surface area contributed by atoms with E-state index in [1.54, 1.807) is 6.26 Å². The maximum atomic E-state index is 5.97. The fourth-order valence-electron chi connectivity index (χ4n) is 0.918. The second-order valence-corrected chi connectivity index (χ2v) is 4.93. The summed E-state index contributed by atoms with van der Waals surface area (Å²) in [5, 5.41) is 0. The van der Waals surface area contributed by atoms with Gasteiger partial charge in [0, 0.05) is 0 Å². The van der Waals surface area contributed by atoms with Crippen LogP contribution in [0.1, 0.15) is 32.6 Å². The van der Waals surface area contributed by atoms with Crippen molar-refractivity contribution in [3.05, 3.63) is 22.6 Å². The van der Waals surface area contributed by atoms with Crippen molar-refractivity contribution in [1.82, 2.24) is 0 Å². The van der Waals surface area contributed by atoms with Gasteiger partial charge in [-0.05, 0) is 27.4 Å². The average Bonchev–Trinajstić information content (AvgIpc) is 2.32. The lowest BCUT2D eigenvalue weighted by molar-refractivity contribution is 0.285. The van der Waals surface area contributed by atoms with Gasteiger partial charge in [-0.15, -0.1) is 0 Å². The largest absolute Gasteiger partial charge is 0.466 e. The SMILES string of the molecule is CC(C)(C)C(N)c1cc(Br)co1. The van der Waals surface area contributed by atoms with Crippen molar-refractivity contribution in [2.45, 2.75) is 26.8 Å². The smallest absolute Gasteiger partial charge is 0.122 e. The summed E-state index contributed by atoms with van der Waals surface area (Å²) in [5.41, 5.74) is 6.01. The first-order valence-electron chi connectivity index (χ1n) is 3.91. The van der Waals surface area contributed by atoms with Gasteiger partial charge in [0.05, 0.1) is 10.5 Å². The van der Waals surface area contributed by atoms with E-state index in [0.29, 0.717) is 0 Å². The topological polar surface area (TPSA) is 39.2 Å². The Morgan fingerprint density at radius 3 is 2.42 bits per heavy atom. The molecular formula is C9H14BrNO. The van der Waals surface area contributed by atoms with Crippen molar-refractivity contribution in [3.63, 3.8) is 0 Å². The molecule has 0 aliphatic carbocycles. The van der Waals surface area contributed by atoms with Gasteiger partial charge in [-0.25, -0.2) is 0 Å². The Labute approximate surface area is 81.3 Å². The molecule has 12 heavy (non-hydrogen) atoms. The molecule has 0 spiro atoms. The number of halogens is 1. The number of rotatable bonds is 1. The standard InChI is InChI=1S/C9H14BrNO/c1-9(2,3)8(11)7-4-6(10)5-12-7/h4-5,8H,11H2,1-3H3. The Balaban J connectivity index is 2.85. The number of hydrogen-bond acceptors (Lipinski definition) is 2. The Morgan fingerprint density at radius 2 is 2.08 bits per heavy atom. The predicted molar refractivity (Wildman–Crippen MR) is 52.8 cm³/mol. The van der Waals surface area contributed by atoms with Gasteiger partial charge in [0.15, 0.2) is 0 Å². The van der Waals surface area contributed by atoms with Gasteiger partial charge in [0.1, 0.15) is 12.0 Å². The molecule has 1 atom stereocenters. The molecule has 2 N–H and O–H groups in total. The molecule has 2 nitrogen and oxygen atoms in total. The van der Waals surface area contributed by atoms with E-state index in [0.717, 1.165) is 10.2 Å². The third-order valence-electron chi connectivity index (χ3n) is 1.83. The third kappa shape index (κ3) is 2.11. The molecule has 1 rings (SSSR count). The van der Waals surface area contributed by atoms with Gasteiger partial charge in [-0.2, -0.15) is 0 Å². The molecule has 1 aromatic heterocycles. The van der Waals surface area contributed by atoms with Gasteiger partial charge in [0.2, 0.25) is 0 Å². The van der Waals surface area contributed by atoms with Crippen molar-refractivity contribution < 1.29 is 4.42 Å². The van der Waals surface area contributed by atoms with E-state index in [-0.39, 0.29) is 11.5 Å². The summed E-state index contributed by atoms with van der Waals surface area (Å²) in [5.74, 6) is 0.828. The molecule has 1 aromatic rings. The van der Waals surface area contributed by atoms with Crippen LogP contribution in [-0.2, 0) is 0 Å². The molecular weight excluding hydrogens is 218 g/mol. The average molecular weight is 232 g/mol. The maximum absolute atomic E-state index is 5.97. The number of furan rings is 1. The van der Waals surface area contributed by atoms with Crippen LogP contribution in [0.3, 0.4) is 0 Å². The summed E-state index contributed by atoms with van der Waals surface area (Å²) in [6.45, 7) is 6.27. The van der Waals surface area contributed by atoms with Crippen molar-refractivity contribution >= 4 is 15.9 Å². The molecule has 0 aromatic carbocycles. The normalized spacial score (nSPS) is 14.8. The van der Waals surface area contributed by atoms with E-state index in [4.69, 9.17) is 10.2 Å². The van der Waals surface area contributed by atoms with E-state index < -0.39 is 0 Å². The molecule has 0 aliphatic heterocycles. The zero-order valence-electron chi connectivity index (χ0n) is 7.60. The Kier molecular flexibility index (Phi) is 2.64. The van der Waals surface area contributed by atoms with Crippen LogP contribution in [0.4, 0.5) is 0 Å². The minimum atomic E-state index is -0.0520. The second kappa shape index (κ2) is 3.23. The van der Waals surface area contributed by atoms with E-state index >= 15 is 0 Å². The molecule has 0 saturated carbocycles. The molecule has 1 unspecified atom stereocenters. The highest BCUT2D eigenvalue weighted by molar-refractivity contribution is 9.10. The summed E-state index contributed by atoms with van der Waals surface area (Å²) >= 11 is 3.32. The number of hydrogen-bond donors (Lipinski definition) is 1. The fourth-order valence-corrected chi connectivity index (χ4v) is 1.24. The monoisotopic (exact) mass is 231 g/mol. The highest BCUT2D eigenvalue weighted by Crippen LogP contribution is 2.32. The zero-order chi connectivity index (χ0) is 9.35. The summed E-state index contributed by atoms with van der Waals surface area (Å²) < 4.78 is 6.22. The van der Waals surface area contributed by atoms with E-state index in [1.807, 2.05) is 6.07 Å². The minimum absolute atomic E-state index is 0.0390. The molecule has 3 heteroatoms. The molecule has 0 amide bonds. The highest BCUT2D eigenvalue weighted by Gasteiger charge is 2.24. The van der Waals surface area contributed by atoms with Crippen LogP contribution in [-0.4, -0.2) is 0 Å². The fraction of sp³-hybridized carbons (Fsp3) is 0.556. The quantitative estimate of drug-likeness (QED) is 0.807. The van der Waals surface area contributed by atoms with Crippen molar-refractivity contribution in [2.24, 2.45) is 11.1 Å². The van der Waals surface area contributed by atoms with E-state index in [9.17, 15) is 0 Å². The first kappa shape index (κ1) is 9.81. The van der Waals surface area contributed by atoms with Gasteiger partial charge < -0.3 is 10.2 Å². The van der Waals surface area contributed by atoms with Gasteiger partial charge in [-0.1, -0.05) is 20.8 Å². The number of nitrogens with two attached hydrogens (primary N) is 1. The van der Waals surface area contributed by atoms with Crippen LogP contribution < -0.4 is 5.73 Å². The molecule has 1 heterocycles. The minimum Gasteiger partial charge on any atom is -0.466 e. The summed E-state index contributed by atoms with van der Waals surface area (Å²) in [6, 6.07) is 1.86. The predicted octanol–water partition coefficient (Wildman–Crippen LogP) is 3.09. The van der Waals surface area contributed by atoms with Crippen molar-refractivity contribution in [2.75, 3.05) is 0 Å². The van der Waals surface area contributed by atoms with Gasteiger partial charge in [0.25, 0.3) is 0 Å². The molecule has 68 valence electrons. The Hall–Kier alpha value is -0.280. The third-order valence-corrected chi connectivity index (χ3v) is 2.24. The molecule has 0 bridgehead atoms. The van der Waals surface area contributed by atoms with E-state index in [1.165, 1.54) is 0 Å². The lowest BCUT2D eigenvalue weighted by atomic mass is 9.86. The second-order valence-electron chi connectivity index (χ2n) is 4.01. The van der Waals surface area contributed by atoms with Gasteiger partial charge in [-0.3, -0.25) is 0 Å². The Morgan fingerprint density at radius 1 is 1.50 bits per heavy atom. The highest BCUT2D eigenvalue weighted by atomic mass is 79.9. The summed E-state index contributed by atoms with van der Waals surface area (Å²) in [6.07, 6.45) is 1.65. The van der Waals surface area contributed by atoms with Crippen LogP contribution in [0, 0.1) is 5.41 Å². The van der Waals surface area contributed by atoms with Crippen molar-refractivity contribution in [3.8, 4) is 0 Å². The van der Waals surface area contributed by atoms with Crippen molar-refractivity contribution in [1.29, 1.82) is 0 Å². The molecule has 0 radical (unpaired) electrons. The first-order valence-corrected chi connectivity index (χ1v) is 4.70. The summed E-state index contributed by atoms with van der Waals surface area (Å²) in [7, 11) is 0. The Bertz CT molecular complexity index is 262. The zero-order valence-corrected chi connectivity index (χ0v) is 9.18. The first-order chi connectivity index (χ1) is 5.41. The summed E-state index contributed by atoms with van der Waals surface area (Å²) in [4.78, 5) is 0. The van der Waals surface area contributed by atoms with Crippen LogP contribution in [0.15, 0.2) is 21.2 Å². The van der Waals surface area contributed by atoms with E-state index in [2.05, 4.69) is 36.7 Å². The lowest BCUT2D eigenvalue weighted by Crippen LogP contribution is -2.25.